The molecule has 0 radical (unpaired) electrons. The zero-order valence-corrected chi connectivity index (χ0v) is 12.7. The Morgan fingerprint density at radius 1 is 1.43 bits per heavy atom. The molecule has 5 nitrogen and oxygen atoms in total. The first-order chi connectivity index (χ1) is 10.0. The van der Waals surface area contributed by atoms with Gasteiger partial charge in [0, 0.05) is 20.1 Å². The molecule has 2 rings (SSSR count). The number of amides is 1. The van der Waals surface area contributed by atoms with Crippen LogP contribution in [0.2, 0.25) is 0 Å². The summed E-state index contributed by atoms with van der Waals surface area (Å²) in [7, 11) is 1.89. The van der Waals surface area contributed by atoms with Crippen LogP contribution in [0.4, 0.5) is 15.3 Å². The number of aromatic nitrogens is 1. The topological polar surface area (TPSA) is 71.2 Å². The molecule has 0 saturated carbocycles. The van der Waals surface area contributed by atoms with Crippen molar-refractivity contribution in [3.8, 4) is 0 Å². The third-order valence-corrected chi connectivity index (χ3v) is 4.20. The molecule has 0 aliphatic rings. The van der Waals surface area contributed by atoms with Crippen molar-refractivity contribution in [2.75, 3.05) is 24.2 Å². The van der Waals surface area contributed by atoms with Crippen LogP contribution in [0.3, 0.4) is 0 Å². The van der Waals surface area contributed by atoms with E-state index < -0.39 is 0 Å². The Balaban J connectivity index is 2.03. The number of nitrogens with zero attached hydrogens (tertiary/aromatic N) is 2. The van der Waals surface area contributed by atoms with Crippen LogP contribution in [-0.2, 0) is 6.54 Å². The number of nitrogens with two attached hydrogens (primary N) is 1. The maximum atomic E-state index is 12.8. The number of hydrogen-bond donors (Lipinski definition) is 2. The highest BCUT2D eigenvalue weighted by molar-refractivity contribution is 7.18. The second kappa shape index (κ2) is 6.53. The molecule has 0 unspecified atom stereocenters. The van der Waals surface area contributed by atoms with Crippen molar-refractivity contribution in [3.63, 3.8) is 0 Å². The third-order valence-electron chi connectivity index (χ3n) is 3.02. The normalized spacial score (nSPS) is 10.4. The van der Waals surface area contributed by atoms with E-state index in [9.17, 15) is 9.18 Å². The van der Waals surface area contributed by atoms with Crippen LogP contribution in [0.1, 0.15) is 22.2 Å². The average molecular weight is 308 g/mol. The van der Waals surface area contributed by atoms with E-state index in [0.29, 0.717) is 16.6 Å². The molecule has 0 atom stereocenters. The molecule has 0 saturated heterocycles. The van der Waals surface area contributed by atoms with E-state index >= 15 is 0 Å². The Morgan fingerprint density at radius 3 is 2.71 bits per heavy atom. The molecular weight excluding hydrogens is 291 g/mol. The van der Waals surface area contributed by atoms with Crippen molar-refractivity contribution in [2.45, 2.75) is 13.5 Å². The van der Waals surface area contributed by atoms with E-state index in [1.165, 1.54) is 23.5 Å². The quantitative estimate of drug-likeness (QED) is 0.889. The lowest BCUT2D eigenvalue weighted by Crippen LogP contribution is -2.22. The Bertz CT molecular complexity index is 626. The molecular formula is C14H17FN4OS. The lowest BCUT2D eigenvalue weighted by molar-refractivity contribution is 0.0955. The summed E-state index contributed by atoms with van der Waals surface area (Å²) < 4.78 is 12.8. The van der Waals surface area contributed by atoms with Gasteiger partial charge in [-0.05, 0) is 24.6 Å². The monoisotopic (exact) mass is 308 g/mol. The van der Waals surface area contributed by atoms with Gasteiger partial charge in [-0.25, -0.2) is 9.37 Å². The van der Waals surface area contributed by atoms with Gasteiger partial charge in [-0.3, -0.25) is 4.79 Å². The second-order valence-corrected chi connectivity index (χ2v) is 5.51. The minimum atomic E-state index is -0.302. The van der Waals surface area contributed by atoms with E-state index in [1.54, 1.807) is 12.1 Å². The molecule has 112 valence electrons. The molecule has 21 heavy (non-hydrogen) atoms. The molecule has 0 aliphatic heterocycles. The van der Waals surface area contributed by atoms with Crippen molar-refractivity contribution in [1.29, 1.82) is 0 Å². The summed E-state index contributed by atoms with van der Waals surface area (Å²) >= 11 is 1.26. The maximum Gasteiger partial charge on any atom is 0.265 e. The van der Waals surface area contributed by atoms with Gasteiger partial charge in [-0.15, -0.1) is 0 Å². The van der Waals surface area contributed by atoms with Crippen LogP contribution >= 0.6 is 11.3 Å². The predicted octanol–water partition coefficient (Wildman–Crippen LogP) is 2.25. The first kappa shape index (κ1) is 15.2. The van der Waals surface area contributed by atoms with E-state index in [1.807, 2.05) is 18.9 Å². The first-order valence-electron chi connectivity index (χ1n) is 6.51. The fraction of sp³-hybridized carbons (Fsp3) is 0.286. The SMILES string of the molecule is CCN(C)c1nc(N)c(C(=O)NCc2ccc(F)cc2)s1. The molecule has 2 aromatic rings. The van der Waals surface area contributed by atoms with Crippen LogP contribution in [-0.4, -0.2) is 24.5 Å². The average Bonchev–Trinajstić information content (AvgIpc) is 2.87. The van der Waals surface area contributed by atoms with E-state index in [0.717, 1.165) is 12.1 Å². The predicted molar refractivity (Wildman–Crippen MR) is 83.0 cm³/mol. The van der Waals surface area contributed by atoms with Gasteiger partial charge in [0.05, 0.1) is 0 Å². The van der Waals surface area contributed by atoms with Gasteiger partial charge in [0.15, 0.2) is 5.13 Å². The van der Waals surface area contributed by atoms with Crippen LogP contribution in [0, 0.1) is 5.82 Å². The Morgan fingerprint density at radius 2 is 2.10 bits per heavy atom. The smallest absolute Gasteiger partial charge is 0.265 e. The molecule has 0 aliphatic carbocycles. The van der Waals surface area contributed by atoms with Gasteiger partial charge in [-0.2, -0.15) is 0 Å². The largest absolute Gasteiger partial charge is 0.382 e. The molecule has 1 aromatic carbocycles. The van der Waals surface area contributed by atoms with E-state index in [2.05, 4.69) is 10.3 Å². The fourth-order valence-corrected chi connectivity index (χ4v) is 2.57. The summed E-state index contributed by atoms with van der Waals surface area (Å²) in [5.41, 5.74) is 6.60. The second-order valence-electron chi connectivity index (χ2n) is 4.53. The van der Waals surface area contributed by atoms with Gasteiger partial charge in [-0.1, -0.05) is 23.5 Å². The van der Waals surface area contributed by atoms with Gasteiger partial charge < -0.3 is 16.0 Å². The lowest BCUT2D eigenvalue weighted by atomic mass is 10.2. The standard InChI is InChI=1S/C14H17FN4OS/c1-3-19(2)14-18-12(16)11(21-14)13(20)17-8-9-4-6-10(15)7-5-9/h4-7H,3,8,16H2,1-2H3,(H,17,20). The molecule has 0 fully saturated rings. The number of thiazole rings is 1. The number of nitrogens with one attached hydrogen (secondary N) is 1. The van der Waals surface area contributed by atoms with Crippen LogP contribution < -0.4 is 16.0 Å². The van der Waals surface area contributed by atoms with Gasteiger partial charge >= 0.3 is 0 Å². The zero-order chi connectivity index (χ0) is 15.4. The molecule has 1 aromatic heterocycles. The van der Waals surface area contributed by atoms with E-state index in [4.69, 9.17) is 5.73 Å². The minimum Gasteiger partial charge on any atom is -0.382 e. The Hall–Kier alpha value is -2.15. The number of carbonyl (C=O) groups excluding carboxylic acids is 1. The van der Waals surface area contributed by atoms with Gasteiger partial charge in [0.2, 0.25) is 0 Å². The Labute approximate surface area is 126 Å². The highest BCUT2D eigenvalue weighted by Gasteiger charge is 2.17. The first-order valence-corrected chi connectivity index (χ1v) is 7.33. The van der Waals surface area contributed by atoms with Crippen LogP contribution in [0.15, 0.2) is 24.3 Å². The number of hydrogen-bond acceptors (Lipinski definition) is 5. The summed E-state index contributed by atoms with van der Waals surface area (Å²) in [6, 6.07) is 5.97. The summed E-state index contributed by atoms with van der Waals surface area (Å²) in [6.45, 7) is 3.09. The van der Waals surface area contributed by atoms with Crippen LogP contribution in [0.25, 0.3) is 0 Å². The summed E-state index contributed by atoms with van der Waals surface area (Å²) in [5.74, 6) is -0.346. The molecule has 3 N–H and O–H groups in total. The van der Waals surface area contributed by atoms with Crippen molar-refractivity contribution in [3.05, 3.63) is 40.5 Å². The summed E-state index contributed by atoms with van der Waals surface area (Å²) in [5, 5.41) is 3.47. The van der Waals surface area contributed by atoms with Gasteiger partial charge in [0.25, 0.3) is 5.91 Å². The fourth-order valence-electron chi connectivity index (χ4n) is 1.65. The molecule has 0 bridgehead atoms. The van der Waals surface area contributed by atoms with Gasteiger partial charge in [0.1, 0.15) is 16.5 Å². The lowest BCUT2D eigenvalue weighted by Gasteiger charge is -2.10. The van der Waals surface area contributed by atoms with E-state index in [-0.39, 0.29) is 17.5 Å². The number of carbonyl (C=O) groups is 1. The number of rotatable bonds is 5. The summed E-state index contributed by atoms with van der Waals surface area (Å²) in [4.78, 5) is 18.6. The van der Waals surface area contributed by atoms with Crippen molar-refractivity contribution in [1.82, 2.24) is 10.3 Å². The number of halogens is 1. The number of anilines is 2. The third kappa shape index (κ3) is 3.69. The van der Waals surface area contributed by atoms with Crippen molar-refractivity contribution in [2.24, 2.45) is 0 Å². The highest BCUT2D eigenvalue weighted by atomic mass is 32.1. The van der Waals surface area contributed by atoms with Crippen molar-refractivity contribution >= 4 is 28.2 Å². The number of benzene rings is 1. The molecule has 1 amide bonds. The molecule has 0 spiro atoms. The minimum absolute atomic E-state index is 0.229. The zero-order valence-electron chi connectivity index (χ0n) is 11.9. The number of nitrogen functional groups attached to an aromatic ring is 1. The maximum absolute atomic E-state index is 12.8. The molecule has 7 heteroatoms. The van der Waals surface area contributed by atoms with Crippen molar-refractivity contribution < 1.29 is 9.18 Å². The molecule has 1 heterocycles. The Kier molecular flexibility index (Phi) is 4.74. The van der Waals surface area contributed by atoms with Crippen LogP contribution in [0.5, 0.6) is 0 Å². The summed E-state index contributed by atoms with van der Waals surface area (Å²) in [6.07, 6.45) is 0. The highest BCUT2D eigenvalue weighted by Crippen LogP contribution is 2.27.